The summed E-state index contributed by atoms with van der Waals surface area (Å²) in [5.74, 6) is -0.305. The van der Waals surface area contributed by atoms with Crippen molar-refractivity contribution in [3.05, 3.63) is 59.3 Å². The van der Waals surface area contributed by atoms with Gasteiger partial charge >= 0.3 is 5.97 Å². The maximum absolute atomic E-state index is 13.7. The lowest BCUT2D eigenvalue weighted by molar-refractivity contribution is -0.152. The first-order valence-corrected chi connectivity index (χ1v) is 12.3. The van der Waals surface area contributed by atoms with Gasteiger partial charge in [0, 0.05) is 23.1 Å². The molecule has 3 aromatic rings. The molecule has 0 radical (unpaired) electrons. The first-order chi connectivity index (χ1) is 15.7. The second-order valence-electron chi connectivity index (χ2n) is 8.07. The third kappa shape index (κ3) is 3.66. The summed E-state index contributed by atoms with van der Waals surface area (Å²) < 4.78 is 42.6. The minimum atomic E-state index is -3.72. The fraction of sp³-hybridized carbons (Fsp3) is 0.333. The van der Waals surface area contributed by atoms with Crippen molar-refractivity contribution < 1.29 is 32.2 Å². The van der Waals surface area contributed by atoms with Crippen molar-refractivity contribution in [3.8, 4) is 11.5 Å². The largest absolute Gasteiger partial charge is 0.493 e. The molecule has 0 aliphatic heterocycles. The predicted molar refractivity (Wildman–Crippen MR) is 123 cm³/mol. The van der Waals surface area contributed by atoms with E-state index >= 15 is 0 Å². The van der Waals surface area contributed by atoms with E-state index in [1.54, 1.807) is 49.4 Å². The number of methoxy groups -OCH3 is 2. The standard InChI is InChI=1S/C24H25NO7S/c1-5-32-23(27)24(13-16-11-20(30-2)21(31-3)12-18(16)22(24)26)14-17-10-15-8-6-7-9-19(15)25(17)33(4,28)29/h6-12H,5,13-14H2,1-4H3. The van der Waals surface area contributed by atoms with Gasteiger partial charge in [-0.1, -0.05) is 18.2 Å². The Labute approximate surface area is 192 Å². The fourth-order valence-corrected chi connectivity index (χ4v) is 5.67. The van der Waals surface area contributed by atoms with Gasteiger partial charge in [-0.2, -0.15) is 0 Å². The number of rotatable bonds is 7. The number of ether oxygens (including phenoxy) is 3. The summed E-state index contributed by atoms with van der Waals surface area (Å²) in [7, 11) is -0.761. The third-order valence-electron chi connectivity index (χ3n) is 6.00. The number of hydrogen-bond donors (Lipinski definition) is 0. The number of ketones is 1. The lowest BCUT2D eigenvalue weighted by atomic mass is 9.79. The maximum atomic E-state index is 13.7. The molecule has 174 valence electrons. The molecular weight excluding hydrogens is 446 g/mol. The molecule has 0 amide bonds. The first kappa shape index (κ1) is 22.8. The summed E-state index contributed by atoms with van der Waals surface area (Å²) in [5, 5.41) is 0.697. The van der Waals surface area contributed by atoms with Crippen LogP contribution in [-0.2, 0) is 32.4 Å². The van der Waals surface area contributed by atoms with Crippen molar-refractivity contribution in [2.45, 2.75) is 19.8 Å². The Morgan fingerprint density at radius 1 is 1.09 bits per heavy atom. The Balaban J connectivity index is 1.90. The zero-order valence-corrected chi connectivity index (χ0v) is 19.7. The van der Waals surface area contributed by atoms with Gasteiger partial charge in [0.2, 0.25) is 10.0 Å². The van der Waals surface area contributed by atoms with Crippen LogP contribution in [0.4, 0.5) is 0 Å². The van der Waals surface area contributed by atoms with Crippen molar-refractivity contribution in [2.75, 3.05) is 27.1 Å². The third-order valence-corrected chi connectivity index (χ3v) is 7.09. The van der Waals surface area contributed by atoms with E-state index in [1.807, 2.05) is 0 Å². The number of fused-ring (bicyclic) bond motifs is 2. The van der Waals surface area contributed by atoms with Crippen molar-refractivity contribution in [1.29, 1.82) is 0 Å². The van der Waals surface area contributed by atoms with Crippen LogP contribution in [-0.4, -0.2) is 51.2 Å². The molecule has 1 heterocycles. The Morgan fingerprint density at radius 2 is 1.76 bits per heavy atom. The van der Waals surface area contributed by atoms with Gasteiger partial charge in [-0.15, -0.1) is 0 Å². The van der Waals surface area contributed by atoms with E-state index in [4.69, 9.17) is 14.2 Å². The first-order valence-electron chi connectivity index (χ1n) is 10.4. The number of benzene rings is 2. The number of Topliss-reactive ketones (excluding diaryl/α,β-unsaturated/α-hetero) is 1. The molecule has 0 N–H and O–H groups in total. The van der Waals surface area contributed by atoms with Crippen LogP contribution in [0.15, 0.2) is 42.5 Å². The summed E-state index contributed by atoms with van der Waals surface area (Å²) in [5.41, 5.74) is 0.176. The van der Waals surface area contributed by atoms with Gasteiger partial charge in [0.05, 0.1) is 32.6 Å². The Bertz CT molecular complexity index is 1370. The van der Waals surface area contributed by atoms with E-state index in [0.717, 1.165) is 6.26 Å². The zero-order chi connectivity index (χ0) is 24.0. The second kappa shape index (κ2) is 8.22. The van der Waals surface area contributed by atoms with Crippen molar-refractivity contribution in [3.63, 3.8) is 0 Å². The number of carbonyl (C=O) groups is 2. The molecule has 0 bridgehead atoms. The summed E-state index contributed by atoms with van der Waals surface area (Å²) in [6.45, 7) is 1.75. The SMILES string of the molecule is CCOC(=O)C1(Cc2cc3ccccc3n2S(C)(=O)=O)Cc2cc(OC)c(OC)cc2C1=O. The van der Waals surface area contributed by atoms with Crippen LogP contribution >= 0.6 is 0 Å². The van der Waals surface area contributed by atoms with E-state index in [-0.39, 0.29) is 19.4 Å². The lowest BCUT2D eigenvalue weighted by Crippen LogP contribution is -2.41. The smallest absolute Gasteiger partial charge is 0.320 e. The summed E-state index contributed by atoms with van der Waals surface area (Å²) in [6, 6.07) is 12.0. The monoisotopic (exact) mass is 471 g/mol. The van der Waals surface area contributed by atoms with Crippen LogP contribution in [0, 0.1) is 5.41 Å². The van der Waals surface area contributed by atoms with Gasteiger partial charge in [0.25, 0.3) is 0 Å². The summed E-state index contributed by atoms with van der Waals surface area (Å²) in [6.07, 6.45) is 1.03. The Kier molecular flexibility index (Phi) is 5.69. The normalized spacial score (nSPS) is 17.8. The molecule has 0 saturated heterocycles. The minimum absolute atomic E-state index is 0.0612. The molecule has 1 atom stereocenters. The number of carbonyl (C=O) groups excluding carboxylic acids is 2. The number of aromatic nitrogens is 1. The Hall–Kier alpha value is -3.33. The van der Waals surface area contributed by atoms with E-state index in [2.05, 4.69) is 0 Å². The van der Waals surface area contributed by atoms with Crippen LogP contribution in [0.3, 0.4) is 0 Å². The minimum Gasteiger partial charge on any atom is -0.493 e. The van der Waals surface area contributed by atoms with E-state index in [1.165, 1.54) is 18.2 Å². The highest BCUT2D eigenvalue weighted by Crippen LogP contribution is 2.45. The van der Waals surface area contributed by atoms with Crippen LogP contribution < -0.4 is 9.47 Å². The molecule has 2 aromatic carbocycles. The highest BCUT2D eigenvalue weighted by atomic mass is 32.2. The van der Waals surface area contributed by atoms with Crippen molar-refractivity contribution in [2.24, 2.45) is 5.41 Å². The van der Waals surface area contributed by atoms with Gasteiger partial charge in [-0.05, 0) is 43.2 Å². The molecule has 1 aliphatic carbocycles. The molecule has 8 nitrogen and oxygen atoms in total. The summed E-state index contributed by atoms with van der Waals surface area (Å²) in [4.78, 5) is 27.0. The van der Waals surface area contributed by atoms with Gasteiger partial charge in [0.15, 0.2) is 17.3 Å². The van der Waals surface area contributed by atoms with Gasteiger partial charge in [-0.3, -0.25) is 9.59 Å². The fourth-order valence-electron chi connectivity index (χ4n) is 4.60. The molecule has 33 heavy (non-hydrogen) atoms. The van der Waals surface area contributed by atoms with E-state index in [9.17, 15) is 18.0 Å². The van der Waals surface area contributed by atoms with Gasteiger partial charge < -0.3 is 14.2 Å². The molecule has 9 heteroatoms. The Morgan fingerprint density at radius 3 is 2.39 bits per heavy atom. The number of para-hydroxylation sites is 1. The van der Waals surface area contributed by atoms with Crippen LogP contribution in [0.1, 0.15) is 28.5 Å². The van der Waals surface area contributed by atoms with Gasteiger partial charge in [0.1, 0.15) is 5.41 Å². The molecule has 1 unspecified atom stereocenters. The molecule has 0 saturated carbocycles. The average Bonchev–Trinajstić information content (AvgIpc) is 3.28. The molecule has 1 aliphatic rings. The summed E-state index contributed by atoms with van der Waals surface area (Å²) >= 11 is 0. The molecule has 0 spiro atoms. The zero-order valence-electron chi connectivity index (χ0n) is 18.9. The molecule has 4 rings (SSSR count). The average molecular weight is 472 g/mol. The quantitative estimate of drug-likeness (QED) is 0.386. The molecule has 0 fully saturated rings. The van der Waals surface area contributed by atoms with Crippen molar-refractivity contribution >= 4 is 32.7 Å². The lowest BCUT2D eigenvalue weighted by Gasteiger charge is -2.25. The van der Waals surface area contributed by atoms with Crippen LogP contribution in [0.5, 0.6) is 11.5 Å². The predicted octanol–water partition coefficient (Wildman–Crippen LogP) is 3.00. The topological polar surface area (TPSA) is 101 Å². The number of hydrogen-bond acceptors (Lipinski definition) is 7. The molecule has 1 aromatic heterocycles. The van der Waals surface area contributed by atoms with Crippen LogP contribution in [0.25, 0.3) is 10.9 Å². The highest BCUT2D eigenvalue weighted by molar-refractivity contribution is 7.89. The molecular formula is C24H25NO7S. The van der Waals surface area contributed by atoms with Crippen LogP contribution in [0.2, 0.25) is 0 Å². The van der Waals surface area contributed by atoms with E-state index in [0.29, 0.717) is 39.2 Å². The highest BCUT2D eigenvalue weighted by Gasteiger charge is 2.53. The maximum Gasteiger partial charge on any atom is 0.320 e. The van der Waals surface area contributed by atoms with E-state index < -0.39 is 27.2 Å². The van der Waals surface area contributed by atoms with Gasteiger partial charge in [-0.25, -0.2) is 12.4 Å². The second-order valence-corrected chi connectivity index (χ2v) is 9.90. The number of nitrogens with zero attached hydrogens (tertiary/aromatic N) is 1. The number of esters is 1. The van der Waals surface area contributed by atoms with Crippen molar-refractivity contribution in [1.82, 2.24) is 3.97 Å².